The van der Waals surface area contributed by atoms with Gasteiger partial charge in [-0.2, -0.15) is 0 Å². The summed E-state index contributed by atoms with van der Waals surface area (Å²) in [7, 11) is -1.29. The highest BCUT2D eigenvalue weighted by atomic mass is 32.2. The molecule has 0 aliphatic carbocycles. The minimum absolute atomic E-state index is 0.135. The molecular formula is C22H28N4O6S2. The van der Waals surface area contributed by atoms with Crippen LogP contribution in [0.25, 0.3) is 0 Å². The van der Waals surface area contributed by atoms with Gasteiger partial charge in [-0.1, -0.05) is 0 Å². The summed E-state index contributed by atoms with van der Waals surface area (Å²) < 4.78 is 51.9. The van der Waals surface area contributed by atoms with E-state index in [9.17, 15) is 26.4 Å². The summed E-state index contributed by atoms with van der Waals surface area (Å²) in [5, 5.41) is 0. The maximum Gasteiger partial charge on any atom is 0.253 e. The Bertz CT molecular complexity index is 1320. The summed E-state index contributed by atoms with van der Waals surface area (Å²) in [6, 6.07) is 10.6. The second-order valence-electron chi connectivity index (χ2n) is 8.39. The van der Waals surface area contributed by atoms with Gasteiger partial charge in [0.2, 0.25) is 26.0 Å². The quantitative estimate of drug-likeness (QED) is 0.551. The fourth-order valence-corrected chi connectivity index (χ4v) is 5.45. The molecule has 0 N–H and O–H groups in total. The summed E-state index contributed by atoms with van der Waals surface area (Å²) in [6.07, 6.45) is 1.47. The van der Waals surface area contributed by atoms with E-state index in [1.54, 1.807) is 26.2 Å². The molecule has 1 aliphatic heterocycles. The molecule has 0 fully saturated rings. The van der Waals surface area contributed by atoms with E-state index >= 15 is 0 Å². The van der Waals surface area contributed by atoms with Crippen LogP contribution in [0.2, 0.25) is 0 Å². The van der Waals surface area contributed by atoms with Gasteiger partial charge in [0.1, 0.15) is 6.54 Å². The van der Waals surface area contributed by atoms with Crippen molar-refractivity contribution in [1.29, 1.82) is 0 Å². The fourth-order valence-electron chi connectivity index (χ4n) is 3.65. The Morgan fingerprint density at radius 3 is 2.09 bits per heavy atom. The van der Waals surface area contributed by atoms with E-state index in [0.29, 0.717) is 29.8 Å². The molecule has 12 heteroatoms. The Hall–Kier alpha value is -2.96. The van der Waals surface area contributed by atoms with Crippen molar-refractivity contribution in [1.82, 2.24) is 9.21 Å². The molecule has 0 spiro atoms. The number of nitrogens with zero attached hydrogens (tertiary/aromatic N) is 4. The Morgan fingerprint density at radius 2 is 1.56 bits per heavy atom. The van der Waals surface area contributed by atoms with Crippen LogP contribution < -0.4 is 9.21 Å². The molecule has 10 nitrogen and oxygen atoms in total. The smallest absolute Gasteiger partial charge is 0.253 e. The van der Waals surface area contributed by atoms with E-state index in [-0.39, 0.29) is 16.5 Å². The SMILES string of the molecule is CN(C)C(=O)c1ccc(N(CC(=O)N2CCc3cc(S(=O)(=O)N(C)C)ccc32)S(C)(=O)=O)cc1. The zero-order valence-corrected chi connectivity index (χ0v) is 21.4. The first-order chi connectivity index (χ1) is 15.7. The lowest BCUT2D eigenvalue weighted by Gasteiger charge is -2.25. The third kappa shape index (κ3) is 5.08. The highest BCUT2D eigenvalue weighted by molar-refractivity contribution is 7.92. The number of hydrogen-bond acceptors (Lipinski definition) is 6. The average Bonchev–Trinajstić information content (AvgIpc) is 3.19. The zero-order chi connectivity index (χ0) is 25.4. The zero-order valence-electron chi connectivity index (χ0n) is 19.7. The number of carbonyl (C=O) groups excluding carboxylic acids is 2. The van der Waals surface area contributed by atoms with Gasteiger partial charge in [0, 0.05) is 46.0 Å². The topological polar surface area (TPSA) is 115 Å². The number of benzene rings is 2. The van der Waals surface area contributed by atoms with Gasteiger partial charge in [-0.3, -0.25) is 13.9 Å². The van der Waals surface area contributed by atoms with Crippen molar-refractivity contribution in [2.24, 2.45) is 0 Å². The highest BCUT2D eigenvalue weighted by Crippen LogP contribution is 2.31. The summed E-state index contributed by atoms with van der Waals surface area (Å²) in [5.74, 6) is -0.668. The minimum atomic E-state index is -3.80. The standard InChI is InChI=1S/C22H28N4O6S2/c1-23(2)22(28)16-6-8-18(9-7-16)26(33(5,29)30)15-21(27)25-13-12-17-14-19(10-11-20(17)25)34(31,32)24(3)4/h6-11,14H,12-13,15H2,1-5H3. The van der Waals surface area contributed by atoms with Crippen LogP contribution >= 0.6 is 0 Å². The molecule has 0 unspecified atom stereocenters. The molecule has 2 aromatic rings. The molecule has 0 radical (unpaired) electrons. The van der Waals surface area contributed by atoms with E-state index in [4.69, 9.17) is 0 Å². The third-order valence-corrected chi connectivity index (χ3v) is 8.47. The van der Waals surface area contributed by atoms with E-state index < -0.39 is 32.5 Å². The first-order valence-electron chi connectivity index (χ1n) is 10.4. The van der Waals surface area contributed by atoms with Gasteiger partial charge in [-0.05, 0) is 54.4 Å². The van der Waals surface area contributed by atoms with Crippen molar-refractivity contribution in [3.05, 3.63) is 53.6 Å². The molecule has 3 rings (SSSR count). The highest BCUT2D eigenvalue weighted by Gasteiger charge is 2.30. The number of fused-ring (bicyclic) bond motifs is 1. The average molecular weight is 509 g/mol. The predicted octanol–water partition coefficient (Wildman–Crippen LogP) is 0.994. The summed E-state index contributed by atoms with van der Waals surface area (Å²) in [5.41, 5.74) is 1.92. The van der Waals surface area contributed by atoms with Crippen LogP contribution in [-0.4, -0.2) is 85.4 Å². The molecule has 1 heterocycles. The second kappa shape index (κ2) is 9.35. The molecule has 34 heavy (non-hydrogen) atoms. The lowest BCUT2D eigenvalue weighted by molar-refractivity contribution is -0.117. The molecule has 2 aromatic carbocycles. The van der Waals surface area contributed by atoms with Crippen LogP contribution in [0.4, 0.5) is 11.4 Å². The van der Waals surface area contributed by atoms with Crippen molar-refractivity contribution in [2.45, 2.75) is 11.3 Å². The second-order valence-corrected chi connectivity index (χ2v) is 12.4. The van der Waals surface area contributed by atoms with Crippen molar-refractivity contribution < 1.29 is 26.4 Å². The number of hydrogen-bond donors (Lipinski definition) is 0. The van der Waals surface area contributed by atoms with Gasteiger partial charge in [-0.15, -0.1) is 0 Å². The molecular weight excluding hydrogens is 480 g/mol. The lowest BCUT2D eigenvalue weighted by atomic mass is 10.2. The van der Waals surface area contributed by atoms with Gasteiger partial charge >= 0.3 is 0 Å². The van der Waals surface area contributed by atoms with Crippen LogP contribution in [0, 0.1) is 0 Å². The van der Waals surface area contributed by atoms with E-state index in [1.807, 2.05) is 0 Å². The largest absolute Gasteiger partial charge is 0.345 e. The maximum absolute atomic E-state index is 13.1. The molecule has 1 aliphatic rings. The van der Waals surface area contributed by atoms with Crippen LogP contribution in [0.3, 0.4) is 0 Å². The van der Waals surface area contributed by atoms with Gasteiger partial charge in [-0.25, -0.2) is 21.1 Å². The number of sulfonamides is 2. The molecule has 0 saturated carbocycles. The Kier molecular flexibility index (Phi) is 7.06. The molecule has 0 aromatic heterocycles. The van der Waals surface area contributed by atoms with Crippen LogP contribution in [0.1, 0.15) is 15.9 Å². The first kappa shape index (κ1) is 25.7. The monoisotopic (exact) mass is 508 g/mol. The van der Waals surface area contributed by atoms with Gasteiger partial charge in [0.25, 0.3) is 5.91 Å². The van der Waals surface area contributed by atoms with Crippen LogP contribution in [0.5, 0.6) is 0 Å². The fraction of sp³-hybridized carbons (Fsp3) is 0.364. The van der Waals surface area contributed by atoms with Crippen molar-refractivity contribution in [3.8, 4) is 0 Å². The number of carbonyl (C=O) groups is 2. The van der Waals surface area contributed by atoms with Crippen molar-refractivity contribution in [3.63, 3.8) is 0 Å². The predicted molar refractivity (Wildman–Crippen MR) is 130 cm³/mol. The molecule has 0 saturated heterocycles. The first-order valence-corrected chi connectivity index (χ1v) is 13.7. The third-order valence-electron chi connectivity index (χ3n) is 5.51. The Morgan fingerprint density at radius 1 is 0.941 bits per heavy atom. The number of rotatable bonds is 7. The van der Waals surface area contributed by atoms with E-state index in [0.717, 1.165) is 14.9 Å². The van der Waals surface area contributed by atoms with E-state index in [1.165, 1.54) is 54.2 Å². The van der Waals surface area contributed by atoms with Gasteiger partial charge in [0.05, 0.1) is 16.8 Å². The molecule has 184 valence electrons. The minimum Gasteiger partial charge on any atom is -0.345 e. The van der Waals surface area contributed by atoms with Gasteiger partial charge in [0.15, 0.2) is 0 Å². The van der Waals surface area contributed by atoms with Gasteiger partial charge < -0.3 is 9.80 Å². The molecule has 0 atom stereocenters. The lowest BCUT2D eigenvalue weighted by Crippen LogP contribution is -2.42. The summed E-state index contributed by atoms with van der Waals surface area (Å²) in [6.45, 7) is -0.121. The van der Waals surface area contributed by atoms with Crippen LogP contribution in [-0.2, 0) is 31.3 Å². The molecule has 0 bridgehead atoms. The van der Waals surface area contributed by atoms with E-state index in [2.05, 4.69) is 0 Å². The normalized spacial score (nSPS) is 13.6. The van der Waals surface area contributed by atoms with Crippen molar-refractivity contribution in [2.75, 3.05) is 56.7 Å². The molecule has 2 amide bonds. The van der Waals surface area contributed by atoms with Crippen LogP contribution in [0.15, 0.2) is 47.4 Å². The van der Waals surface area contributed by atoms with Crippen molar-refractivity contribution >= 4 is 43.2 Å². The Labute approximate surface area is 200 Å². The number of amides is 2. The maximum atomic E-state index is 13.1. The number of anilines is 2. The summed E-state index contributed by atoms with van der Waals surface area (Å²) >= 11 is 0. The Balaban J connectivity index is 1.86. The summed E-state index contributed by atoms with van der Waals surface area (Å²) in [4.78, 5) is 28.2.